The first-order valence-electron chi connectivity index (χ1n) is 4.35. The number of aromatic carboxylic acids is 1. The Balaban J connectivity index is 2.82. The number of aliphatic hydroxyl groups is 2. The lowest BCUT2D eigenvalue weighted by molar-refractivity contribution is -0.245. The monoisotopic (exact) mass is 222 g/mol. The van der Waals surface area contributed by atoms with Crippen LogP contribution in [0.15, 0.2) is 24.3 Å². The maximum Gasteiger partial charge on any atom is 0.393 e. The van der Waals surface area contributed by atoms with Gasteiger partial charge in [-0.3, -0.25) is 0 Å². The van der Waals surface area contributed by atoms with Crippen molar-refractivity contribution in [3.05, 3.63) is 29.8 Å². The van der Waals surface area contributed by atoms with Gasteiger partial charge in [0.25, 0.3) is 0 Å². The van der Waals surface area contributed by atoms with Crippen LogP contribution in [0.1, 0.15) is 17.3 Å². The largest absolute Gasteiger partial charge is 0.478 e. The third kappa shape index (κ3) is 3.28. The van der Waals surface area contributed by atoms with Gasteiger partial charge >= 0.3 is 11.9 Å². The van der Waals surface area contributed by atoms with Crippen molar-refractivity contribution in [1.29, 1.82) is 0 Å². The van der Waals surface area contributed by atoms with E-state index in [9.17, 15) is 15.0 Å². The van der Waals surface area contributed by atoms with Gasteiger partial charge in [-0.2, -0.15) is 0 Å². The quantitative estimate of drug-likeness (QED) is 0.509. The van der Waals surface area contributed by atoms with Gasteiger partial charge in [-0.25, -0.2) is 4.79 Å². The Bertz CT molecular complexity index is 436. The molecule has 0 aliphatic carbocycles. The predicted octanol–water partition coefficient (Wildman–Crippen LogP) is 0.425. The first-order chi connectivity index (χ1) is 7.44. The highest BCUT2D eigenvalue weighted by Crippen LogP contribution is 2.16. The van der Waals surface area contributed by atoms with Gasteiger partial charge in [-0.1, -0.05) is 5.92 Å². The lowest BCUT2D eigenvalue weighted by Gasteiger charge is -2.16. The average molecular weight is 222 g/mol. The molecule has 0 amide bonds. The van der Waals surface area contributed by atoms with Crippen molar-refractivity contribution in [3.63, 3.8) is 0 Å². The minimum Gasteiger partial charge on any atom is -0.478 e. The van der Waals surface area contributed by atoms with Crippen molar-refractivity contribution in [2.75, 3.05) is 0 Å². The Labute approximate surface area is 91.9 Å². The lowest BCUT2D eigenvalue weighted by atomic mass is 10.2. The van der Waals surface area contributed by atoms with Crippen LogP contribution in [0.25, 0.3) is 0 Å². The van der Waals surface area contributed by atoms with Crippen LogP contribution in [-0.2, 0) is 0 Å². The number of carbonyl (C=O) groups is 1. The van der Waals surface area contributed by atoms with Gasteiger partial charge in [0.15, 0.2) is 0 Å². The molecule has 1 aromatic rings. The Morgan fingerprint density at radius 3 is 2.31 bits per heavy atom. The summed E-state index contributed by atoms with van der Waals surface area (Å²) in [5.41, 5.74) is 0.0791. The van der Waals surface area contributed by atoms with Gasteiger partial charge in [-0.15, -0.1) is 0 Å². The van der Waals surface area contributed by atoms with E-state index < -0.39 is 11.9 Å². The van der Waals surface area contributed by atoms with Crippen LogP contribution in [-0.4, -0.2) is 27.3 Å². The zero-order chi connectivity index (χ0) is 12.2. The third-order valence-corrected chi connectivity index (χ3v) is 1.65. The molecule has 0 atom stereocenters. The van der Waals surface area contributed by atoms with Crippen LogP contribution < -0.4 is 4.74 Å². The number of carboxylic acid groups (broad SMARTS) is 1. The maximum absolute atomic E-state index is 10.5. The summed E-state index contributed by atoms with van der Waals surface area (Å²) in [5, 5.41) is 27.0. The van der Waals surface area contributed by atoms with E-state index in [1.54, 1.807) is 0 Å². The molecule has 0 aliphatic heterocycles. The molecule has 16 heavy (non-hydrogen) atoms. The van der Waals surface area contributed by atoms with Crippen LogP contribution in [0.5, 0.6) is 5.75 Å². The first-order valence-corrected chi connectivity index (χ1v) is 4.35. The summed E-state index contributed by atoms with van der Waals surface area (Å²) in [6, 6.07) is 5.18. The molecule has 5 nitrogen and oxygen atoms in total. The number of carboxylic acids is 1. The molecule has 0 aliphatic rings. The van der Waals surface area contributed by atoms with Crippen LogP contribution in [0.3, 0.4) is 0 Å². The molecule has 0 unspecified atom stereocenters. The minimum atomic E-state index is -2.57. The summed E-state index contributed by atoms with van der Waals surface area (Å²) in [6.07, 6.45) is 0. The van der Waals surface area contributed by atoms with Gasteiger partial charge in [0.2, 0.25) is 0 Å². The number of hydrogen-bond donors (Lipinski definition) is 3. The molecule has 0 fully saturated rings. The number of hydrogen-bond acceptors (Lipinski definition) is 4. The summed E-state index contributed by atoms with van der Waals surface area (Å²) in [4.78, 5) is 10.5. The smallest absolute Gasteiger partial charge is 0.393 e. The molecule has 5 heteroatoms. The van der Waals surface area contributed by atoms with Crippen molar-refractivity contribution in [3.8, 4) is 17.6 Å². The van der Waals surface area contributed by atoms with E-state index in [4.69, 9.17) is 9.84 Å². The number of rotatable bonds is 3. The third-order valence-electron chi connectivity index (χ3n) is 1.65. The van der Waals surface area contributed by atoms with Crippen LogP contribution >= 0.6 is 0 Å². The second-order valence-electron chi connectivity index (χ2n) is 2.91. The van der Waals surface area contributed by atoms with E-state index in [0.29, 0.717) is 0 Å². The zero-order valence-electron chi connectivity index (χ0n) is 8.47. The van der Waals surface area contributed by atoms with E-state index in [-0.39, 0.29) is 11.3 Å². The zero-order valence-corrected chi connectivity index (χ0v) is 8.47. The molecule has 0 saturated heterocycles. The summed E-state index contributed by atoms with van der Waals surface area (Å²) < 4.78 is 4.72. The second kappa shape index (κ2) is 4.66. The van der Waals surface area contributed by atoms with Crippen molar-refractivity contribution >= 4 is 5.97 Å². The van der Waals surface area contributed by atoms with E-state index >= 15 is 0 Å². The van der Waals surface area contributed by atoms with Crippen LogP contribution in [0.4, 0.5) is 0 Å². The molecular formula is C11H10O5. The molecule has 84 valence electrons. The standard InChI is InChI=1S/C11H10O5/c1-2-7-11(14,15)16-9-5-3-8(4-6-9)10(12)13/h3-6,14-15H,1H3,(H,12,13). The highest BCUT2D eigenvalue weighted by atomic mass is 16.8. The lowest BCUT2D eigenvalue weighted by Crippen LogP contribution is -2.33. The Kier molecular flexibility index (Phi) is 3.51. The van der Waals surface area contributed by atoms with Gasteiger partial charge in [0.1, 0.15) is 5.75 Å². The van der Waals surface area contributed by atoms with Gasteiger partial charge < -0.3 is 20.1 Å². The van der Waals surface area contributed by atoms with Gasteiger partial charge in [0.05, 0.1) is 5.56 Å². The summed E-state index contributed by atoms with van der Waals surface area (Å²) in [6.45, 7) is 1.43. The number of benzene rings is 1. The summed E-state index contributed by atoms with van der Waals surface area (Å²) in [7, 11) is 0. The molecule has 0 heterocycles. The molecule has 1 rings (SSSR count). The van der Waals surface area contributed by atoms with Crippen molar-refractivity contribution < 1.29 is 24.9 Å². The predicted molar refractivity (Wildman–Crippen MR) is 54.6 cm³/mol. The van der Waals surface area contributed by atoms with E-state index in [2.05, 4.69) is 5.92 Å². The Hall–Kier alpha value is -2.03. The van der Waals surface area contributed by atoms with Crippen LogP contribution in [0, 0.1) is 11.8 Å². The molecule has 3 N–H and O–H groups in total. The first kappa shape index (κ1) is 12.0. The number of ether oxygens (including phenoxy) is 1. The summed E-state index contributed by atoms with van der Waals surface area (Å²) in [5.74, 6) is 0.788. The fraction of sp³-hybridized carbons (Fsp3) is 0.182. The Morgan fingerprint density at radius 1 is 1.31 bits per heavy atom. The SMILES string of the molecule is CC#CC(O)(O)Oc1ccc(C(=O)O)cc1. The Morgan fingerprint density at radius 2 is 1.88 bits per heavy atom. The topological polar surface area (TPSA) is 87.0 Å². The van der Waals surface area contributed by atoms with Crippen molar-refractivity contribution in [1.82, 2.24) is 0 Å². The van der Waals surface area contributed by atoms with Crippen molar-refractivity contribution in [2.24, 2.45) is 0 Å². The normalized spacial score (nSPS) is 10.2. The fourth-order valence-corrected chi connectivity index (χ4v) is 1.02. The molecule has 0 saturated carbocycles. The minimum absolute atomic E-state index is 0.0791. The van der Waals surface area contributed by atoms with E-state index in [1.165, 1.54) is 31.2 Å². The van der Waals surface area contributed by atoms with Gasteiger partial charge in [-0.05, 0) is 31.2 Å². The van der Waals surface area contributed by atoms with Gasteiger partial charge in [0, 0.05) is 5.92 Å². The molecule has 0 spiro atoms. The second-order valence-corrected chi connectivity index (χ2v) is 2.91. The molecule has 0 bridgehead atoms. The van der Waals surface area contributed by atoms with E-state index in [1.807, 2.05) is 5.92 Å². The molecule has 0 radical (unpaired) electrons. The highest BCUT2D eigenvalue weighted by Gasteiger charge is 2.22. The van der Waals surface area contributed by atoms with Crippen molar-refractivity contribution in [2.45, 2.75) is 12.9 Å². The molecule has 1 aromatic carbocycles. The maximum atomic E-state index is 10.5. The average Bonchev–Trinajstić information content (AvgIpc) is 2.17. The van der Waals surface area contributed by atoms with E-state index in [0.717, 1.165) is 0 Å². The highest BCUT2D eigenvalue weighted by molar-refractivity contribution is 5.87. The fourth-order valence-electron chi connectivity index (χ4n) is 1.02. The molecule has 0 aromatic heterocycles. The molecular weight excluding hydrogens is 212 g/mol. The van der Waals surface area contributed by atoms with Crippen LogP contribution in [0.2, 0.25) is 0 Å². The summed E-state index contributed by atoms with van der Waals surface area (Å²) >= 11 is 0.